The van der Waals surface area contributed by atoms with Crippen LogP contribution in [0.1, 0.15) is 26.2 Å². The molecule has 0 radical (unpaired) electrons. The van der Waals surface area contributed by atoms with E-state index in [1.165, 1.54) is 12.8 Å². The van der Waals surface area contributed by atoms with Crippen molar-refractivity contribution in [3.8, 4) is 6.07 Å². The molecule has 1 heteroatoms. The SMILES string of the molecule is CC(C#N)CC1CC2C=CC1C2. The van der Waals surface area contributed by atoms with E-state index in [0.717, 1.165) is 24.2 Å². The maximum Gasteiger partial charge on any atom is 0.0652 e. The molecule has 64 valence electrons. The zero-order chi connectivity index (χ0) is 8.55. The van der Waals surface area contributed by atoms with Crippen LogP contribution < -0.4 is 0 Å². The number of nitrogens with zero attached hydrogens (tertiary/aromatic N) is 1. The largest absolute Gasteiger partial charge is 0.198 e. The van der Waals surface area contributed by atoms with Gasteiger partial charge in [0, 0.05) is 5.92 Å². The molecule has 0 amide bonds. The molecule has 0 aromatic heterocycles. The van der Waals surface area contributed by atoms with Crippen LogP contribution in [0.25, 0.3) is 0 Å². The van der Waals surface area contributed by atoms with E-state index in [0.29, 0.717) is 0 Å². The van der Waals surface area contributed by atoms with Gasteiger partial charge in [-0.3, -0.25) is 0 Å². The van der Waals surface area contributed by atoms with Gasteiger partial charge >= 0.3 is 0 Å². The van der Waals surface area contributed by atoms with Crippen LogP contribution in [0, 0.1) is 35.0 Å². The van der Waals surface area contributed by atoms with Crippen LogP contribution in [0.3, 0.4) is 0 Å². The Kier molecular flexibility index (Phi) is 1.92. The summed E-state index contributed by atoms with van der Waals surface area (Å²) in [6, 6.07) is 2.33. The van der Waals surface area contributed by atoms with Crippen molar-refractivity contribution in [1.29, 1.82) is 5.26 Å². The summed E-state index contributed by atoms with van der Waals surface area (Å²) in [5.41, 5.74) is 0. The lowest BCUT2D eigenvalue weighted by Crippen LogP contribution is -2.10. The van der Waals surface area contributed by atoms with Gasteiger partial charge in [-0.2, -0.15) is 5.26 Å². The van der Waals surface area contributed by atoms with Crippen molar-refractivity contribution in [3.63, 3.8) is 0 Å². The highest BCUT2D eigenvalue weighted by Gasteiger charge is 2.35. The van der Waals surface area contributed by atoms with Gasteiger partial charge in [-0.15, -0.1) is 0 Å². The first-order chi connectivity index (χ1) is 5.79. The third-order valence-corrected chi connectivity index (χ3v) is 3.29. The Morgan fingerprint density at radius 2 is 2.33 bits per heavy atom. The Labute approximate surface area is 74.1 Å². The summed E-state index contributed by atoms with van der Waals surface area (Å²) in [7, 11) is 0. The van der Waals surface area contributed by atoms with E-state index in [4.69, 9.17) is 5.26 Å². The summed E-state index contributed by atoms with van der Waals surface area (Å²) < 4.78 is 0. The number of rotatable bonds is 2. The molecule has 2 aliphatic carbocycles. The van der Waals surface area contributed by atoms with Crippen molar-refractivity contribution in [3.05, 3.63) is 12.2 Å². The molecule has 12 heavy (non-hydrogen) atoms. The van der Waals surface area contributed by atoms with E-state index in [2.05, 4.69) is 18.2 Å². The fourth-order valence-electron chi connectivity index (χ4n) is 2.67. The molecule has 1 fully saturated rings. The zero-order valence-corrected chi connectivity index (χ0v) is 7.53. The molecular formula is C11H15N. The van der Waals surface area contributed by atoms with E-state index in [-0.39, 0.29) is 5.92 Å². The maximum atomic E-state index is 8.70. The van der Waals surface area contributed by atoms with Gasteiger partial charge < -0.3 is 0 Å². The van der Waals surface area contributed by atoms with E-state index in [9.17, 15) is 0 Å². The van der Waals surface area contributed by atoms with E-state index >= 15 is 0 Å². The third-order valence-electron chi connectivity index (χ3n) is 3.29. The van der Waals surface area contributed by atoms with Crippen molar-refractivity contribution in [1.82, 2.24) is 0 Å². The predicted molar refractivity (Wildman–Crippen MR) is 48.2 cm³/mol. The standard InChI is InChI=1S/C11H15N/c1-8(7-12)4-11-6-9-2-3-10(11)5-9/h2-3,8-11H,4-6H2,1H3. The number of nitriles is 1. The quantitative estimate of drug-likeness (QED) is 0.571. The fourth-order valence-corrected chi connectivity index (χ4v) is 2.67. The minimum Gasteiger partial charge on any atom is -0.198 e. The average Bonchev–Trinajstić information content (AvgIpc) is 2.64. The molecule has 2 bridgehead atoms. The summed E-state index contributed by atoms with van der Waals surface area (Å²) in [6.07, 6.45) is 8.54. The molecule has 1 saturated carbocycles. The number of allylic oxidation sites excluding steroid dienone is 2. The van der Waals surface area contributed by atoms with Gasteiger partial charge in [-0.1, -0.05) is 12.2 Å². The Morgan fingerprint density at radius 1 is 1.50 bits per heavy atom. The third kappa shape index (κ3) is 1.27. The van der Waals surface area contributed by atoms with Gasteiger partial charge in [0.2, 0.25) is 0 Å². The number of hydrogen-bond acceptors (Lipinski definition) is 1. The fraction of sp³-hybridized carbons (Fsp3) is 0.727. The Hall–Kier alpha value is -0.770. The van der Waals surface area contributed by atoms with Crippen molar-refractivity contribution >= 4 is 0 Å². The Balaban J connectivity index is 1.92. The highest BCUT2D eigenvalue weighted by Crippen LogP contribution is 2.45. The topological polar surface area (TPSA) is 23.8 Å². The Morgan fingerprint density at radius 3 is 2.83 bits per heavy atom. The molecule has 0 heterocycles. The minimum absolute atomic E-state index is 0.253. The lowest BCUT2D eigenvalue weighted by molar-refractivity contribution is 0.380. The molecule has 4 atom stereocenters. The molecule has 0 aliphatic heterocycles. The second-order valence-corrected chi connectivity index (χ2v) is 4.31. The van der Waals surface area contributed by atoms with Gasteiger partial charge in [0.25, 0.3) is 0 Å². The number of hydrogen-bond donors (Lipinski definition) is 0. The maximum absolute atomic E-state index is 8.70. The van der Waals surface area contributed by atoms with E-state index < -0.39 is 0 Å². The van der Waals surface area contributed by atoms with Crippen LogP contribution in [-0.2, 0) is 0 Å². The summed E-state index contributed by atoms with van der Waals surface area (Å²) in [6.45, 7) is 2.04. The van der Waals surface area contributed by atoms with Crippen LogP contribution >= 0.6 is 0 Å². The molecule has 0 N–H and O–H groups in total. The summed E-state index contributed by atoms with van der Waals surface area (Å²) in [4.78, 5) is 0. The minimum atomic E-state index is 0.253. The zero-order valence-electron chi connectivity index (χ0n) is 7.53. The van der Waals surface area contributed by atoms with Crippen LogP contribution in [0.5, 0.6) is 0 Å². The van der Waals surface area contributed by atoms with Crippen molar-refractivity contribution in [2.75, 3.05) is 0 Å². The molecule has 0 spiro atoms. The van der Waals surface area contributed by atoms with Crippen LogP contribution in [0.4, 0.5) is 0 Å². The van der Waals surface area contributed by atoms with Gasteiger partial charge in [-0.05, 0) is 43.9 Å². The van der Waals surface area contributed by atoms with Crippen molar-refractivity contribution in [2.45, 2.75) is 26.2 Å². The smallest absolute Gasteiger partial charge is 0.0652 e. The van der Waals surface area contributed by atoms with E-state index in [1.54, 1.807) is 0 Å². The molecule has 0 aromatic rings. The highest BCUT2D eigenvalue weighted by atomic mass is 14.4. The van der Waals surface area contributed by atoms with Crippen molar-refractivity contribution < 1.29 is 0 Å². The second kappa shape index (κ2) is 2.94. The van der Waals surface area contributed by atoms with Gasteiger partial charge in [0.05, 0.1) is 6.07 Å². The van der Waals surface area contributed by atoms with Crippen LogP contribution in [0.2, 0.25) is 0 Å². The Bertz CT molecular complexity index is 236. The molecular weight excluding hydrogens is 146 g/mol. The lowest BCUT2D eigenvalue weighted by Gasteiger charge is -2.18. The molecule has 1 nitrogen and oxygen atoms in total. The molecule has 2 rings (SSSR count). The average molecular weight is 161 g/mol. The summed E-state index contributed by atoms with van der Waals surface area (Å²) in [5, 5.41) is 8.70. The lowest BCUT2D eigenvalue weighted by atomic mass is 9.86. The van der Waals surface area contributed by atoms with Crippen LogP contribution in [0.15, 0.2) is 12.2 Å². The molecule has 2 aliphatic rings. The summed E-state index contributed by atoms with van der Waals surface area (Å²) >= 11 is 0. The summed E-state index contributed by atoms with van der Waals surface area (Å²) in [5.74, 6) is 2.73. The van der Waals surface area contributed by atoms with E-state index in [1.807, 2.05) is 6.92 Å². The highest BCUT2D eigenvalue weighted by molar-refractivity contribution is 5.10. The van der Waals surface area contributed by atoms with Crippen LogP contribution in [-0.4, -0.2) is 0 Å². The monoisotopic (exact) mass is 161 g/mol. The second-order valence-electron chi connectivity index (χ2n) is 4.31. The predicted octanol–water partition coefficient (Wildman–Crippen LogP) is 2.75. The molecule has 4 unspecified atom stereocenters. The first kappa shape index (κ1) is 7.86. The normalized spacial score (nSPS) is 39.8. The van der Waals surface area contributed by atoms with Gasteiger partial charge in [-0.25, -0.2) is 0 Å². The first-order valence-corrected chi connectivity index (χ1v) is 4.87. The van der Waals surface area contributed by atoms with Crippen molar-refractivity contribution in [2.24, 2.45) is 23.7 Å². The van der Waals surface area contributed by atoms with Gasteiger partial charge in [0.15, 0.2) is 0 Å². The molecule has 0 saturated heterocycles. The first-order valence-electron chi connectivity index (χ1n) is 4.87. The number of fused-ring (bicyclic) bond motifs is 2. The van der Waals surface area contributed by atoms with Gasteiger partial charge in [0.1, 0.15) is 0 Å². The molecule has 0 aromatic carbocycles.